The maximum atomic E-state index is 11.8. The largest absolute Gasteiger partial charge is 0.383 e. The quantitative estimate of drug-likeness (QED) is 0.371. The molecule has 0 atom stereocenters. The SMILES string of the molecule is CCNC(=NCCN(CCOC)C1CC1)NCCc1cccc(C(=O)NC)c1. The summed E-state index contributed by atoms with van der Waals surface area (Å²) in [7, 11) is 3.40. The molecule has 156 valence electrons. The fraction of sp³-hybridized carbons (Fsp3) is 0.619. The van der Waals surface area contributed by atoms with E-state index in [1.54, 1.807) is 14.2 Å². The van der Waals surface area contributed by atoms with Gasteiger partial charge < -0.3 is 20.7 Å². The Bertz CT molecular complexity index is 631. The number of carbonyl (C=O) groups is 1. The number of carbonyl (C=O) groups excluding carboxylic acids is 1. The van der Waals surface area contributed by atoms with Gasteiger partial charge in [-0.1, -0.05) is 12.1 Å². The summed E-state index contributed by atoms with van der Waals surface area (Å²) < 4.78 is 5.21. The van der Waals surface area contributed by atoms with Gasteiger partial charge in [-0.05, 0) is 43.9 Å². The molecular formula is C21H35N5O2. The number of benzene rings is 1. The summed E-state index contributed by atoms with van der Waals surface area (Å²) in [6, 6.07) is 8.45. The van der Waals surface area contributed by atoms with Gasteiger partial charge in [0, 0.05) is 51.9 Å². The molecule has 2 rings (SSSR count). The molecule has 1 amide bonds. The molecule has 0 aromatic heterocycles. The Kier molecular flexibility index (Phi) is 9.79. The molecule has 1 aromatic rings. The molecule has 0 saturated heterocycles. The number of methoxy groups -OCH3 is 1. The summed E-state index contributed by atoms with van der Waals surface area (Å²) in [5, 5.41) is 9.35. The predicted molar refractivity (Wildman–Crippen MR) is 114 cm³/mol. The molecule has 0 unspecified atom stereocenters. The van der Waals surface area contributed by atoms with Gasteiger partial charge in [-0.25, -0.2) is 0 Å². The molecule has 1 saturated carbocycles. The van der Waals surface area contributed by atoms with Gasteiger partial charge in [-0.15, -0.1) is 0 Å². The summed E-state index contributed by atoms with van der Waals surface area (Å²) >= 11 is 0. The third-order valence-electron chi connectivity index (χ3n) is 4.77. The van der Waals surface area contributed by atoms with Crippen molar-refractivity contribution in [1.29, 1.82) is 0 Å². The first-order valence-corrected chi connectivity index (χ1v) is 10.2. The molecule has 1 aromatic carbocycles. The van der Waals surface area contributed by atoms with E-state index in [2.05, 4.69) is 27.8 Å². The predicted octanol–water partition coefficient (Wildman–Crippen LogP) is 1.25. The number of ether oxygens (including phenoxy) is 1. The van der Waals surface area contributed by atoms with Gasteiger partial charge in [-0.3, -0.25) is 14.7 Å². The highest BCUT2D eigenvalue weighted by molar-refractivity contribution is 5.94. The lowest BCUT2D eigenvalue weighted by Crippen LogP contribution is -2.39. The summed E-state index contributed by atoms with van der Waals surface area (Å²) in [5.74, 6) is 0.783. The Morgan fingerprint density at radius 3 is 2.79 bits per heavy atom. The lowest BCUT2D eigenvalue weighted by molar-refractivity contribution is 0.0963. The third-order valence-corrected chi connectivity index (χ3v) is 4.77. The third kappa shape index (κ3) is 7.86. The highest BCUT2D eigenvalue weighted by atomic mass is 16.5. The first kappa shape index (κ1) is 22.2. The Balaban J connectivity index is 1.80. The van der Waals surface area contributed by atoms with Gasteiger partial charge in [0.15, 0.2) is 5.96 Å². The second kappa shape index (κ2) is 12.4. The molecular weight excluding hydrogens is 354 g/mol. The van der Waals surface area contributed by atoms with Crippen LogP contribution in [0.2, 0.25) is 0 Å². The van der Waals surface area contributed by atoms with Crippen molar-refractivity contribution in [3.8, 4) is 0 Å². The van der Waals surface area contributed by atoms with Gasteiger partial charge in [0.25, 0.3) is 5.91 Å². The number of nitrogens with one attached hydrogen (secondary N) is 3. The molecule has 3 N–H and O–H groups in total. The van der Waals surface area contributed by atoms with Crippen LogP contribution in [0.25, 0.3) is 0 Å². The van der Waals surface area contributed by atoms with Gasteiger partial charge in [-0.2, -0.15) is 0 Å². The zero-order chi connectivity index (χ0) is 20.2. The van der Waals surface area contributed by atoms with Crippen molar-refractivity contribution < 1.29 is 9.53 Å². The number of nitrogens with zero attached hydrogens (tertiary/aromatic N) is 2. The van der Waals surface area contributed by atoms with Crippen LogP contribution >= 0.6 is 0 Å². The van der Waals surface area contributed by atoms with Crippen molar-refractivity contribution >= 4 is 11.9 Å². The zero-order valence-corrected chi connectivity index (χ0v) is 17.5. The molecule has 0 bridgehead atoms. The van der Waals surface area contributed by atoms with Crippen LogP contribution < -0.4 is 16.0 Å². The lowest BCUT2D eigenvalue weighted by atomic mass is 10.1. The molecule has 0 spiro atoms. The standard InChI is InChI=1S/C21H35N5O2/c1-4-23-21(25-12-13-26(14-15-28-3)19-8-9-19)24-11-10-17-6-5-7-18(16-17)20(27)22-2/h5-7,16,19H,4,8-15H2,1-3H3,(H,22,27)(H2,23,24,25). The molecule has 7 heteroatoms. The highest BCUT2D eigenvalue weighted by Crippen LogP contribution is 2.26. The van der Waals surface area contributed by atoms with Crippen LogP contribution in [0.4, 0.5) is 0 Å². The van der Waals surface area contributed by atoms with Crippen LogP contribution in [0.3, 0.4) is 0 Å². The number of amides is 1. The Hall–Kier alpha value is -2.12. The molecule has 1 aliphatic rings. The lowest BCUT2D eigenvalue weighted by Gasteiger charge is -2.20. The molecule has 1 aliphatic carbocycles. The van der Waals surface area contributed by atoms with E-state index < -0.39 is 0 Å². The minimum atomic E-state index is -0.0570. The van der Waals surface area contributed by atoms with Crippen molar-refractivity contribution in [1.82, 2.24) is 20.9 Å². The van der Waals surface area contributed by atoms with Crippen LogP contribution in [0, 0.1) is 0 Å². The van der Waals surface area contributed by atoms with E-state index in [9.17, 15) is 4.79 Å². The van der Waals surface area contributed by atoms with E-state index in [0.717, 1.165) is 57.3 Å². The molecule has 1 fully saturated rings. The van der Waals surface area contributed by atoms with E-state index in [4.69, 9.17) is 9.73 Å². The van der Waals surface area contributed by atoms with Crippen LogP contribution in [0.15, 0.2) is 29.3 Å². The fourth-order valence-corrected chi connectivity index (χ4v) is 3.09. The first-order valence-electron chi connectivity index (χ1n) is 10.2. The van der Waals surface area contributed by atoms with Crippen molar-refractivity contribution in [3.63, 3.8) is 0 Å². The smallest absolute Gasteiger partial charge is 0.251 e. The van der Waals surface area contributed by atoms with E-state index in [-0.39, 0.29) is 5.91 Å². The Morgan fingerprint density at radius 1 is 1.29 bits per heavy atom. The van der Waals surface area contributed by atoms with E-state index in [1.165, 1.54) is 12.8 Å². The van der Waals surface area contributed by atoms with Gasteiger partial charge in [0.1, 0.15) is 0 Å². The monoisotopic (exact) mass is 389 g/mol. The van der Waals surface area contributed by atoms with Gasteiger partial charge >= 0.3 is 0 Å². The van der Waals surface area contributed by atoms with E-state index in [1.807, 2.05) is 24.3 Å². The fourth-order valence-electron chi connectivity index (χ4n) is 3.09. The second-order valence-electron chi connectivity index (χ2n) is 6.98. The number of guanidine groups is 1. The molecule has 0 radical (unpaired) electrons. The van der Waals surface area contributed by atoms with Gasteiger partial charge in [0.05, 0.1) is 13.2 Å². The highest BCUT2D eigenvalue weighted by Gasteiger charge is 2.28. The second-order valence-corrected chi connectivity index (χ2v) is 6.98. The normalized spacial score (nSPS) is 14.2. The number of hydrogen-bond donors (Lipinski definition) is 3. The average Bonchev–Trinajstić information content (AvgIpc) is 3.55. The maximum Gasteiger partial charge on any atom is 0.251 e. The zero-order valence-electron chi connectivity index (χ0n) is 17.5. The summed E-state index contributed by atoms with van der Waals surface area (Å²) in [5.41, 5.74) is 1.82. The maximum absolute atomic E-state index is 11.8. The van der Waals surface area contributed by atoms with Crippen LogP contribution in [-0.2, 0) is 11.2 Å². The van der Waals surface area contributed by atoms with Crippen molar-refractivity contribution in [2.75, 3.05) is 53.5 Å². The van der Waals surface area contributed by atoms with E-state index in [0.29, 0.717) is 11.6 Å². The summed E-state index contributed by atoms with van der Waals surface area (Å²) in [6.45, 7) is 7.13. The van der Waals surface area contributed by atoms with E-state index >= 15 is 0 Å². The Labute approximate surface area is 168 Å². The molecule has 28 heavy (non-hydrogen) atoms. The number of hydrogen-bond acceptors (Lipinski definition) is 4. The first-order chi connectivity index (χ1) is 13.7. The summed E-state index contributed by atoms with van der Waals surface area (Å²) in [4.78, 5) is 18.9. The minimum absolute atomic E-state index is 0.0570. The van der Waals surface area contributed by atoms with Gasteiger partial charge in [0.2, 0.25) is 0 Å². The Morgan fingerprint density at radius 2 is 2.11 bits per heavy atom. The van der Waals surface area contributed by atoms with Crippen LogP contribution in [0.1, 0.15) is 35.7 Å². The van der Waals surface area contributed by atoms with Crippen molar-refractivity contribution in [2.24, 2.45) is 4.99 Å². The average molecular weight is 390 g/mol. The van der Waals surface area contributed by atoms with Crippen LogP contribution in [0.5, 0.6) is 0 Å². The van der Waals surface area contributed by atoms with Crippen molar-refractivity contribution in [3.05, 3.63) is 35.4 Å². The topological polar surface area (TPSA) is 78.0 Å². The number of aliphatic imine (C=N–C) groups is 1. The molecule has 0 heterocycles. The number of rotatable bonds is 12. The summed E-state index contributed by atoms with van der Waals surface area (Å²) in [6.07, 6.45) is 3.42. The minimum Gasteiger partial charge on any atom is -0.383 e. The molecule has 7 nitrogen and oxygen atoms in total. The van der Waals surface area contributed by atoms with Crippen molar-refractivity contribution in [2.45, 2.75) is 32.2 Å². The van der Waals surface area contributed by atoms with Crippen LogP contribution in [-0.4, -0.2) is 76.3 Å². The molecule has 0 aliphatic heterocycles.